The van der Waals surface area contributed by atoms with Crippen molar-refractivity contribution in [2.45, 2.75) is 19.4 Å². The first-order valence-electron chi connectivity index (χ1n) is 5.31. The highest BCUT2D eigenvalue weighted by Gasteiger charge is 2.26. The van der Waals surface area contributed by atoms with Crippen LogP contribution in [0, 0.1) is 6.92 Å². The van der Waals surface area contributed by atoms with E-state index in [1.807, 2.05) is 43.3 Å². The van der Waals surface area contributed by atoms with Crippen LogP contribution in [0.15, 0.2) is 48.8 Å². The molecule has 0 aliphatic carbocycles. The number of hydrogen-bond donors (Lipinski definition) is 1. The van der Waals surface area contributed by atoms with Gasteiger partial charge in [-0.25, -0.2) is 0 Å². The highest BCUT2D eigenvalue weighted by atomic mass is 16.3. The average Bonchev–Trinajstić information content (AvgIpc) is 2.30. The van der Waals surface area contributed by atoms with E-state index >= 15 is 0 Å². The zero-order valence-electron chi connectivity index (χ0n) is 9.51. The number of benzene rings is 1. The fourth-order valence-corrected chi connectivity index (χ4v) is 1.89. The van der Waals surface area contributed by atoms with E-state index in [1.54, 1.807) is 19.3 Å². The van der Waals surface area contributed by atoms with E-state index in [2.05, 4.69) is 4.98 Å². The van der Waals surface area contributed by atoms with Gasteiger partial charge in [0.1, 0.15) is 5.60 Å². The summed E-state index contributed by atoms with van der Waals surface area (Å²) in [4.78, 5) is 4.08. The minimum atomic E-state index is -0.987. The molecule has 0 bridgehead atoms. The Morgan fingerprint density at radius 2 is 1.81 bits per heavy atom. The third-order valence-corrected chi connectivity index (χ3v) is 2.90. The first-order valence-corrected chi connectivity index (χ1v) is 5.31. The monoisotopic (exact) mass is 213 g/mol. The lowest BCUT2D eigenvalue weighted by Gasteiger charge is -2.25. The Bertz CT molecular complexity index is 477. The normalized spacial score (nSPS) is 14.4. The topological polar surface area (TPSA) is 33.1 Å². The van der Waals surface area contributed by atoms with E-state index in [0.29, 0.717) is 0 Å². The smallest absolute Gasteiger partial charge is 0.114 e. The number of aromatic nitrogens is 1. The maximum Gasteiger partial charge on any atom is 0.114 e. The van der Waals surface area contributed by atoms with Crippen molar-refractivity contribution in [3.63, 3.8) is 0 Å². The van der Waals surface area contributed by atoms with Gasteiger partial charge in [-0.1, -0.05) is 30.3 Å². The lowest BCUT2D eigenvalue weighted by molar-refractivity contribution is 0.101. The zero-order valence-corrected chi connectivity index (χ0v) is 9.51. The standard InChI is InChI=1S/C14H15NO/c1-11-8-9-15-10-13(11)14(2,16)12-6-4-3-5-7-12/h3-10,16H,1-2H3. The van der Waals surface area contributed by atoms with Gasteiger partial charge in [-0.3, -0.25) is 4.98 Å². The van der Waals surface area contributed by atoms with Crippen molar-refractivity contribution in [3.8, 4) is 0 Å². The first kappa shape index (κ1) is 10.8. The summed E-state index contributed by atoms with van der Waals surface area (Å²) in [6.45, 7) is 3.78. The number of pyridine rings is 1. The van der Waals surface area contributed by atoms with Crippen molar-refractivity contribution < 1.29 is 5.11 Å². The number of aryl methyl sites for hydroxylation is 1. The summed E-state index contributed by atoms with van der Waals surface area (Å²) >= 11 is 0. The van der Waals surface area contributed by atoms with E-state index in [4.69, 9.17) is 0 Å². The lowest BCUT2D eigenvalue weighted by atomic mass is 9.87. The van der Waals surface area contributed by atoms with Crippen molar-refractivity contribution in [1.82, 2.24) is 4.98 Å². The maximum atomic E-state index is 10.6. The van der Waals surface area contributed by atoms with Gasteiger partial charge in [0.2, 0.25) is 0 Å². The molecule has 1 aromatic carbocycles. The fourth-order valence-electron chi connectivity index (χ4n) is 1.89. The molecule has 1 heterocycles. The van der Waals surface area contributed by atoms with Gasteiger partial charge < -0.3 is 5.11 Å². The third-order valence-electron chi connectivity index (χ3n) is 2.90. The summed E-state index contributed by atoms with van der Waals surface area (Å²) in [5.41, 5.74) is 1.79. The van der Waals surface area contributed by atoms with Crippen molar-refractivity contribution in [2.24, 2.45) is 0 Å². The van der Waals surface area contributed by atoms with Gasteiger partial charge in [0.25, 0.3) is 0 Å². The maximum absolute atomic E-state index is 10.6. The summed E-state index contributed by atoms with van der Waals surface area (Å²) in [6, 6.07) is 11.5. The molecule has 2 nitrogen and oxygen atoms in total. The highest BCUT2D eigenvalue weighted by molar-refractivity contribution is 5.37. The Labute approximate surface area is 95.6 Å². The van der Waals surface area contributed by atoms with Crippen molar-refractivity contribution >= 4 is 0 Å². The second kappa shape index (κ2) is 4.06. The van der Waals surface area contributed by atoms with Crippen molar-refractivity contribution in [2.75, 3.05) is 0 Å². The fraction of sp³-hybridized carbons (Fsp3) is 0.214. The molecule has 1 atom stereocenters. The minimum Gasteiger partial charge on any atom is -0.381 e. The molecule has 2 aromatic rings. The van der Waals surface area contributed by atoms with Crippen LogP contribution in [0.5, 0.6) is 0 Å². The van der Waals surface area contributed by atoms with Crippen LogP contribution < -0.4 is 0 Å². The molecule has 0 saturated carbocycles. The molecule has 2 rings (SSSR count). The molecule has 82 valence electrons. The Balaban J connectivity index is 2.51. The second-order valence-electron chi connectivity index (χ2n) is 4.13. The Kier molecular flexibility index (Phi) is 2.75. The number of aliphatic hydroxyl groups is 1. The number of nitrogens with zero attached hydrogens (tertiary/aromatic N) is 1. The molecule has 16 heavy (non-hydrogen) atoms. The van der Waals surface area contributed by atoms with Gasteiger partial charge in [0.05, 0.1) is 0 Å². The molecule has 0 aliphatic heterocycles. The summed E-state index contributed by atoms with van der Waals surface area (Å²) in [6.07, 6.45) is 3.46. The van der Waals surface area contributed by atoms with E-state index < -0.39 is 5.60 Å². The van der Waals surface area contributed by atoms with Crippen LogP contribution in [-0.4, -0.2) is 10.1 Å². The molecule has 0 aliphatic rings. The van der Waals surface area contributed by atoms with E-state index in [9.17, 15) is 5.11 Å². The summed E-state index contributed by atoms with van der Waals surface area (Å²) in [5.74, 6) is 0. The predicted molar refractivity (Wildman–Crippen MR) is 64.1 cm³/mol. The van der Waals surface area contributed by atoms with Crippen LogP contribution in [0.1, 0.15) is 23.6 Å². The molecular formula is C14H15NO. The van der Waals surface area contributed by atoms with Gasteiger partial charge in [-0.2, -0.15) is 0 Å². The molecule has 1 unspecified atom stereocenters. The Hall–Kier alpha value is -1.67. The van der Waals surface area contributed by atoms with Gasteiger partial charge in [-0.05, 0) is 31.0 Å². The quantitative estimate of drug-likeness (QED) is 0.832. The van der Waals surface area contributed by atoms with Crippen LogP contribution in [-0.2, 0) is 5.60 Å². The Morgan fingerprint density at radius 3 is 2.44 bits per heavy atom. The van der Waals surface area contributed by atoms with Crippen LogP contribution >= 0.6 is 0 Å². The second-order valence-corrected chi connectivity index (χ2v) is 4.13. The van der Waals surface area contributed by atoms with Crippen molar-refractivity contribution in [1.29, 1.82) is 0 Å². The van der Waals surface area contributed by atoms with E-state index in [-0.39, 0.29) is 0 Å². The van der Waals surface area contributed by atoms with E-state index in [1.165, 1.54) is 0 Å². The SMILES string of the molecule is Cc1ccncc1C(C)(O)c1ccccc1. The van der Waals surface area contributed by atoms with Crippen LogP contribution in [0.3, 0.4) is 0 Å². The lowest BCUT2D eigenvalue weighted by Crippen LogP contribution is -2.24. The molecule has 0 saturated heterocycles. The van der Waals surface area contributed by atoms with Crippen LogP contribution in [0.4, 0.5) is 0 Å². The molecule has 1 aromatic heterocycles. The molecule has 1 N–H and O–H groups in total. The van der Waals surface area contributed by atoms with Gasteiger partial charge in [0.15, 0.2) is 0 Å². The minimum absolute atomic E-state index is 0.848. The molecule has 2 heteroatoms. The van der Waals surface area contributed by atoms with Crippen molar-refractivity contribution in [3.05, 3.63) is 65.5 Å². The van der Waals surface area contributed by atoms with Crippen LogP contribution in [0.2, 0.25) is 0 Å². The largest absolute Gasteiger partial charge is 0.381 e. The van der Waals surface area contributed by atoms with E-state index in [0.717, 1.165) is 16.7 Å². The Morgan fingerprint density at radius 1 is 1.12 bits per heavy atom. The highest BCUT2D eigenvalue weighted by Crippen LogP contribution is 2.30. The predicted octanol–water partition coefficient (Wildman–Crippen LogP) is 2.65. The van der Waals surface area contributed by atoms with Gasteiger partial charge >= 0.3 is 0 Å². The molecular weight excluding hydrogens is 198 g/mol. The number of hydrogen-bond acceptors (Lipinski definition) is 2. The average molecular weight is 213 g/mol. The zero-order chi connectivity index (χ0) is 11.6. The summed E-state index contributed by atoms with van der Waals surface area (Å²) in [7, 11) is 0. The van der Waals surface area contributed by atoms with Gasteiger partial charge in [0, 0.05) is 18.0 Å². The molecule has 0 spiro atoms. The third kappa shape index (κ3) is 1.84. The molecule has 0 amide bonds. The summed E-state index contributed by atoms with van der Waals surface area (Å²) < 4.78 is 0. The molecule has 0 fully saturated rings. The molecule has 0 radical (unpaired) electrons. The number of rotatable bonds is 2. The first-order chi connectivity index (χ1) is 7.62. The van der Waals surface area contributed by atoms with Crippen LogP contribution in [0.25, 0.3) is 0 Å². The summed E-state index contributed by atoms with van der Waals surface area (Å²) in [5, 5.41) is 10.6. The van der Waals surface area contributed by atoms with Gasteiger partial charge in [-0.15, -0.1) is 0 Å².